The van der Waals surface area contributed by atoms with E-state index in [4.69, 9.17) is 9.47 Å². The van der Waals surface area contributed by atoms with Gasteiger partial charge in [-0.25, -0.2) is 14.4 Å². The number of hydrogen-bond acceptors (Lipinski definition) is 5. The normalized spacial score (nSPS) is 10.6. The minimum atomic E-state index is -0.427. The standard InChI is InChI=1S/C20H15FN4O3/c1-27-16-4-2-3-5-17(16)28-19-9-7-14(10-22-19)23-20(26)15-12-25-11-13(21)6-8-18(25)24-15/h2-12H,1H3,(H,23,26). The second-order valence-electron chi connectivity index (χ2n) is 5.83. The number of amides is 1. The highest BCUT2D eigenvalue weighted by Crippen LogP contribution is 2.30. The van der Waals surface area contributed by atoms with Crippen molar-refractivity contribution in [2.45, 2.75) is 0 Å². The molecular weight excluding hydrogens is 363 g/mol. The Morgan fingerprint density at radius 3 is 2.64 bits per heavy atom. The smallest absolute Gasteiger partial charge is 0.275 e. The first-order valence-electron chi connectivity index (χ1n) is 8.35. The number of nitrogens with one attached hydrogen (secondary N) is 1. The van der Waals surface area contributed by atoms with Crippen LogP contribution in [-0.2, 0) is 0 Å². The molecule has 3 heterocycles. The summed E-state index contributed by atoms with van der Waals surface area (Å²) in [5.74, 6) is 0.637. The topological polar surface area (TPSA) is 77.8 Å². The van der Waals surface area contributed by atoms with Gasteiger partial charge in [-0.3, -0.25) is 4.79 Å². The molecule has 0 bridgehead atoms. The lowest BCUT2D eigenvalue weighted by atomic mass is 10.3. The number of nitrogens with zero attached hydrogens (tertiary/aromatic N) is 3. The summed E-state index contributed by atoms with van der Waals surface area (Å²) in [6, 6.07) is 13.3. The predicted octanol–water partition coefficient (Wildman–Crippen LogP) is 3.92. The third-order valence-corrected chi connectivity index (χ3v) is 3.93. The molecular formula is C20H15FN4O3. The Morgan fingerprint density at radius 2 is 1.89 bits per heavy atom. The number of imidazole rings is 1. The molecule has 1 aromatic carbocycles. The molecule has 28 heavy (non-hydrogen) atoms. The van der Waals surface area contributed by atoms with Crippen LogP contribution in [0.3, 0.4) is 0 Å². The van der Waals surface area contributed by atoms with Crippen LogP contribution in [0.4, 0.5) is 10.1 Å². The number of benzene rings is 1. The number of carbonyl (C=O) groups is 1. The van der Waals surface area contributed by atoms with Crippen molar-refractivity contribution >= 4 is 17.2 Å². The van der Waals surface area contributed by atoms with E-state index >= 15 is 0 Å². The van der Waals surface area contributed by atoms with E-state index in [1.165, 1.54) is 35.1 Å². The number of pyridine rings is 2. The highest BCUT2D eigenvalue weighted by molar-refractivity contribution is 6.03. The van der Waals surface area contributed by atoms with Crippen LogP contribution in [0.5, 0.6) is 17.4 Å². The molecule has 4 rings (SSSR count). The van der Waals surface area contributed by atoms with Gasteiger partial charge in [-0.05, 0) is 30.3 Å². The van der Waals surface area contributed by atoms with Crippen LogP contribution in [-0.4, -0.2) is 27.4 Å². The van der Waals surface area contributed by atoms with E-state index in [0.29, 0.717) is 28.7 Å². The molecule has 0 saturated carbocycles. The maximum Gasteiger partial charge on any atom is 0.275 e. The van der Waals surface area contributed by atoms with Crippen LogP contribution in [0.1, 0.15) is 10.5 Å². The highest BCUT2D eigenvalue weighted by atomic mass is 19.1. The Hall–Kier alpha value is -3.94. The lowest BCUT2D eigenvalue weighted by Crippen LogP contribution is -2.12. The van der Waals surface area contributed by atoms with Crippen molar-refractivity contribution < 1.29 is 18.7 Å². The van der Waals surface area contributed by atoms with Crippen molar-refractivity contribution in [1.29, 1.82) is 0 Å². The average Bonchev–Trinajstić information content (AvgIpc) is 3.13. The number of methoxy groups -OCH3 is 1. The number of para-hydroxylation sites is 2. The summed E-state index contributed by atoms with van der Waals surface area (Å²) in [7, 11) is 1.56. The first-order chi connectivity index (χ1) is 13.6. The Labute approximate surface area is 159 Å². The maximum absolute atomic E-state index is 13.3. The van der Waals surface area contributed by atoms with Crippen molar-refractivity contribution in [3.05, 3.63) is 78.6 Å². The number of rotatable bonds is 5. The van der Waals surface area contributed by atoms with E-state index in [-0.39, 0.29) is 5.69 Å². The van der Waals surface area contributed by atoms with Crippen molar-refractivity contribution in [2.75, 3.05) is 12.4 Å². The van der Waals surface area contributed by atoms with E-state index in [1.54, 1.807) is 31.4 Å². The summed E-state index contributed by atoms with van der Waals surface area (Å²) in [6.45, 7) is 0. The lowest BCUT2D eigenvalue weighted by molar-refractivity contribution is 0.102. The lowest BCUT2D eigenvalue weighted by Gasteiger charge is -2.09. The molecule has 7 nitrogen and oxygen atoms in total. The molecule has 3 aromatic heterocycles. The van der Waals surface area contributed by atoms with Crippen molar-refractivity contribution in [3.63, 3.8) is 0 Å². The number of hydrogen-bond donors (Lipinski definition) is 1. The van der Waals surface area contributed by atoms with Gasteiger partial charge in [0.05, 0.1) is 19.0 Å². The molecule has 0 spiro atoms. The van der Waals surface area contributed by atoms with Crippen LogP contribution in [0.15, 0.2) is 67.1 Å². The largest absolute Gasteiger partial charge is 0.493 e. The number of carbonyl (C=O) groups excluding carboxylic acids is 1. The second kappa shape index (κ2) is 7.36. The van der Waals surface area contributed by atoms with E-state index in [1.807, 2.05) is 12.1 Å². The monoisotopic (exact) mass is 378 g/mol. The number of fused-ring (bicyclic) bond motifs is 1. The third kappa shape index (κ3) is 3.61. The number of anilines is 1. The second-order valence-corrected chi connectivity index (χ2v) is 5.83. The zero-order chi connectivity index (χ0) is 19.5. The zero-order valence-electron chi connectivity index (χ0n) is 14.8. The SMILES string of the molecule is COc1ccccc1Oc1ccc(NC(=O)c2cn3cc(F)ccc3n2)cn1. The molecule has 8 heteroatoms. The van der Waals surface area contributed by atoms with E-state index in [9.17, 15) is 9.18 Å². The van der Waals surface area contributed by atoms with Crippen molar-refractivity contribution in [1.82, 2.24) is 14.4 Å². The Morgan fingerprint density at radius 1 is 1.07 bits per heavy atom. The average molecular weight is 378 g/mol. The molecule has 0 aliphatic heterocycles. The molecule has 4 aromatic rings. The van der Waals surface area contributed by atoms with Gasteiger partial charge >= 0.3 is 0 Å². The molecule has 0 radical (unpaired) electrons. The zero-order valence-corrected chi connectivity index (χ0v) is 14.8. The van der Waals surface area contributed by atoms with E-state index in [2.05, 4.69) is 15.3 Å². The van der Waals surface area contributed by atoms with Gasteiger partial charge in [-0.2, -0.15) is 0 Å². The van der Waals surface area contributed by atoms with Crippen LogP contribution in [0, 0.1) is 5.82 Å². The van der Waals surface area contributed by atoms with Crippen LogP contribution in [0.2, 0.25) is 0 Å². The van der Waals surface area contributed by atoms with Gasteiger partial charge in [0, 0.05) is 18.5 Å². The Balaban J connectivity index is 1.47. The first kappa shape index (κ1) is 17.5. The molecule has 0 fully saturated rings. The van der Waals surface area contributed by atoms with E-state index < -0.39 is 11.7 Å². The molecule has 140 valence electrons. The number of ether oxygens (including phenoxy) is 2. The maximum atomic E-state index is 13.3. The van der Waals surface area contributed by atoms with Gasteiger partial charge < -0.3 is 19.2 Å². The molecule has 0 unspecified atom stereocenters. The number of halogens is 1. The molecule has 1 amide bonds. The fourth-order valence-electron chi connectivity index (χ4n) is 2.60. The first-order valence-corrected chi connectivity index (χ1v) is 8.35. The Kier molecular flexibility index (Phi) is 4.59. The van der Waals surface area contributed by atoms with Gasteiger partial charge in [-0.1, -0.05) is 12.1 Å². The van der Waals surface area contributed by atoms with Crippen LogP contribution >= 0.6 is 0 Å². The third-order valence-electron chi connectivity index (χ3n) is 3.93. The van der Waals surface area contributed by atoms with Gasteiger partial charge in [0.15, 0.2) is 11.5 Å². The predicted molar refractivity (Wildman–Crippen MR) is 100 cm³/mol. The van der Waals surface area contributed by atoms with E-state index in [0.717, 1.165) is 0 Å². The minimum Gasteiger partial charge on any atom is -0.493 e. The summed E-state index contributed by atoms with van der Waals surface area (Å²) in [6.07, 6.45) is 4.18. The Bertz CT molecular complexity index is 1140. The molecule has 0 atom stereocenters. The fourth-order valence-corrected chi connectivity index (χ4v) is 2.60. The van der Waals surface area contributed by atoms with Crippen molar-refractivity contribution in [3.8, 4) is 17.4 Å². The quantitative estimate of drug-likeness (QED) is 0.569. The molecule has 0 aliphatic rings. The van der Waals surface area contributed by atoms with Crippen LogP contribution in [0.25, 0.3) is 5.65 Å². The van der Waals surface area contributed by atoms with Gasteiger partial charge in [-0.15, -0.1) is 0 Å². The van der Waals surface area contributed by atoms with Crippen LogP contribution < -0.4 is 14.8 Å². The number of aromatic nitrogens is 3. The summed E-state index contributed by atoms with van der Waals surface area (Å²) < 4.78 is 25.6. The molecule has 0 saturated heterocycles. The fraction of sp³-hybridized carbons (Fsp3) is 0.0500. The molecule has 1 N–H and O–H groups in total. The van der Waals surface area contributed by atoms with Crippen molar-refractivity contribution in [2.24, 2.45) is 0 Å². The minimum absolute atomic E-state index is 0.167. The molecule has 0 aliphatic carbocycles. The summed E-state index contributed by atoms with van der Waals surface area (Å²) >= 11 is 0. The summed E-state index contributed by atoms with van der Waals surface area (Å²) in [5.41, 5.74) is 1.12. The highest BCUT2D eigenvalue weighted by Gasteiger charge is 2.12. The van der Waals surface area contributed by atoms with Gasteiger partial charge in [0.1, 0.15) is 17.2 Å². The summed E-state index contributed by atoms with van der Waals surface area (Å²) in [4.78, 5) is 20.7. The summed E-state index contributed by atoms with van der Waals surface area (Å²) in [5, 5.41) is 2.70. The van der Waals surface area contributed by atoms with Gasteiger partial charge in [0.2, 0.25) is 5.88 Å². The van der Waals surface area contributed by atoms with Gasteiger partial charge in [0.25, 0.3) is 5.91 Å².